The van der Waals surface area contributed by atoms with E-state index in [1.165, 1.54) is 32.4 Å². The van der Waals surface area contributed by atoms with Gasteiger partial charge in [-0.2, -0.15) is 0 Å². The van der Waals surface area contributed by atoms with Crippen molar-refractivity contribution in [2.45, 2.75) is 6.10 Å². The van der Waals surface area contributed by atoms with Crippen LogP contribution >= 0.6 is 0 Å². The molecule has 1 aromatic rings. The van der Waals surface area contributed by atoms with E-state index >= 15 is 0 Å². The third kappa shape index (κ3) is 4.66. The highest BCUT2D eigenvalue weighted by Crippen LogP contribution is 2.37. The monoisotopic (exact) mass is 298 g/mol. The first-order chi connectivity index (χ1) is 10.0. The molecule has 3 N–H and O–H groups in total. The van der Waals surface area contributed by atoms with Crippen LogP contribution in [0.5, 0.6) is 17.2 Å². The number of hydrogen-bond donors (Lipinski definition) is 3. The molecule has 7 nitrogen and oxygen atoms in total. The van der Waals surface area contributed by atoms with Gasteiger partial charge in [0.2, 0.25) is 5.75 Å². The maximum atomic E-state index is 11.5. The molecule has 21 heavy (non-hydrogen) atoms. The van der Waals surface area contributed by atoms with Crippen LogP contribution in [0.1, 0.15) is 5.56 Å². The van der Waals surface area contributed by atoms with Crippen LogP contribution in [-0.2, 0) is 9.53 Å². The summed E-state index contributed by atoms with van der Waals surface area (Å²) in [6.07, 6.45) is 1.61. The molecular formula is C14H18O7. The average molecular weight is 298 g/mol. The van der Waals surface area contributed by atoms with Crippen LogP contribution in [0.2, 0.25) is 0 Å². The summed E-state index contributed by atoms with van der Waals surface area (Å²) >= 11 is 0. The Hall–Kier alpha value is -2.25. The Morgan fingerprint density at radius 2 is 1.71 bits per heavy atom. The van der Waals surface area contributed by atoms with E-state index in [9.17, 15) is 9.90 Å². The molecule has 0 spiro atoms. The molecule has 0 aliphatic rings. The zero-order chi connectivity index (χ0) is 15.8. The number of carbonyl (C=O) groups is 1. The number of methoxy groups -OCH3 is 2. The van der Waals surface area contributed by atoms with Gasteiger partial charge in [-0.25, -0.2) is 4.79 Å². The van der Waals surface area contributed by atoms with E-state index in [1.807, 2.05) is 0 Å². The Morgan fingerprint density at radius 3 is 2.14 bits per heavy atom. The fourth-order valence-electron chi connectivity index (χ4n) is 1.51. The minimum atomic E-state index is -0.953. The molecule has 0 atom stereocenters. The zero-order valence-corrected chi connectivity index (χ0v) is 11.8. The quantitative estimate of drug-likeness (QED) is 0.491. The molecule has 7 heteroatoms. The third-order valence-corrected chi connectivity index (χ3v) is 2.60. The number of esters is 1. The summed E-state index contributed by atoms with van der Waals surface area (Å²) in [5.74, 6) is -0.452. The minimum absolute atomic E-state index is 0.139. The number of ether oxygens (including phenoxy) is 3. The van der Waals surface area contributed by atoms with Crippen LogP contribution in [-0.4, -0.2) is 54.8 Å². The molecular weight excluding hydrogens is 280 g/mol. The summed E-state index contributed by atoms with van der Waals surface area (Å²) < 4.78 is 14.7. The smallest absolute Gasteiger partial charge is 0.331 e. The second kappa shape index (κ2) is 8.13. The summed E-state index contributed by atoms with van der Waals surface area (Å²) in [6.45, 7) is -0.923. The van der Waals surface area contributed by atoms with Crippen LogP contribution in [0.25, 0.3) is 6.08 Å². The summed E-state index contributed by atoms with van der Waals surface area (Å²) in [7, 11) is 2.78. The van der Waals surface area contributed by atoms with Crippen molar-refractivity contribution < 1.29 is 34.3 Å². The van der Waals surface area contributed by atoms with Gasteiger partial charge in [0, 0.05) is 6.08 Å². The number of rotatable bonds is 7. The number of aliphatic hydroxyl groups excluding tert-OH is 2. The standard InChI is InChI=1S/C14H18O7/c1-19-11-5-9(6-12(20-2)14(11)18)3-4-13(17)21-10(7-15)8-16/h3-6,10,15-16,18H,7-8H2,1-2H3/b4-3+. The summed E-state index contributed by atoms with van der Waals surface area (Å²) in [5, 5.41) is 27.4. The lowest BCUT2D eigenvalue weighted by Gasteiger charge is -2.11. The predicted octanol–water partition coefficient (Wildman–Crippen LogP) is 0.319. The SMILES string of the molecule is COc1cc(/C=C/C(=O)OC(CO)CO)cc(OC)c1O. The zero-order valence-electron chi connectivity index (χ0n) is 11.8. The van der Waals surface area contributed by atoms with Crippen molar-refractivity contribution in [2.75, 3.05) is 27.4 Å². The number of aliphatic hydroxyl groups is 2. The van der Waals surface area contributed by atoms with Crippen molar-refractivity contribution in [1.29, 1.82) is 0 Å². The fraction of sp³-hybridized carbons (Fsp3) is 0.357. The first-order valence-electron chi connectivity index (χ1n) is 6.11. The normalized spacial score (nSPS) is 10.9. The van der Waals surface area contributed by atoms with Gasteiger partial charge >= 0.3 is 5.97 Å². The van der Waals surface area contributed by atoms with Crippen LogP contribution < -0.4 is 9.47 Å². The Labute approximate surface area is 122 Å². The molecule has 0 radical (unpaired) electrons. The number of carbonyl (C=O) groups excluding carboxylic acids is 1. The first-order valence-corrected chi connectivity index (χ1v) is 6.11. The molecule has 0 fully saturated rings. The van der Waals surface area contributed by atoms with Gasteiger partial charge in [-0.3, -0.25) is 0 Å². The molecule has 0 aliphatic heterocycles. The molecule has 116 valence electrons. The van der Waals surface area contributed by atoms with Crippen LogP contribution in [0, 0.1) is 0 Å². The van der Waals surface area contributed by atoms with Gasteiger partial charge in [-0.1, -0.05) is 0 Å². The van der Waals surface area contributed by atoms with Crippen LogP contribution in [0.15, 0.2) is 18.2 Å². The molecule has 0 bridgehead atoms. The second-order valence-corrected chi connectivity index (χ2v) is 4.03. The summed E-state index contributed by atoms with van der Waals surface area (Å²) in [6, 6.07) is 3.02. The van der Waals surface area contributed by atoms with Gasteiger partial charge < -0.3 is 29.5 Å². The highest BCUT2D eigenvalue weighted by atomic mass is 16.6. The Morgan fingerprint density at radius 1 is 1.19 bits per heavy atom. The molecule has 0 aliphatic carbocycles. The Kier molecular flexibility index (Phi) is 6.51. The summed E-state index contributed by atoms with van der Waals surface area (Å²) in [5.41, 5.74) is 0.544. The van der Waals surface area contributed by atoms with E-state index in [-0.39, 0.29) is 17.2 Å². The van der Waals surface area contributed by atoms with Gasteiger partial charge in [-0.05, 0) is 23.8 Å². The number of phenolic OH excluding ortho intramolecular Hbond substituents is 1. The second-order valence-electron chi connectivity index (χ2n) is 4.03. The van der Waals surface area contributed by atoms with Crippen LogP contribution in [0.4, 0.5) is 0 Å². The highest BCUT2D eigenvalue weighted by Gasteiger charge is 2.12. The van der Waals surface area contributed by atoms with E-state index in [2.05, 4.69) is 0 Å². The van der Waals surface area contributed by atoms with Crippen molar-refractivity contribution in [2.24, 2.45) is 0 Å². The molecule has 0 saturated heterocycles. The molecule has 0 unspecified atom stereocenters. The lowest BCUT2D eigenvalue weighted by atomic mass is 10.1. The lowest BCUT2D eigenvalue weighted by molar-refractivity contribution is -0.147. The van der Waals surface area contributed by atoms with E-state index in [4.69, 9.17) is 24.4 Å². The molecule has 0 heterocycles. The number of benzene rings is 1. The average Bonchev–Trinajstić information content (AvgIpc) is 2.51. The third-order valence-electron chi connectivity index (χ3n) is 2.60. The van der Waals surface area contributed by atoms with E-state index in [1.54, 1.807) is 0 Å². The predicted molar refractivity (Wildman–Crippen MR) is 74.3 cm³/mol. The largest absolute Gasteiger partial charge is 0.502 e. The molecule has 1 rings (SSSR count). The number of hydrogen-bond acceptors (Lipinski definition) is 7. The van der Waals surface area contributed by atoms with Crippen molar-refractivity contribution in [1.82, 2.24) is 0 Å². The van der Waals surface area contributed by atoms with Crippen molar-refractivity contribution in [3.63, 3.8) is 0 Å². The van der Waals surface area contributed by atoms with Crippen molar-refractivity contribution in [3.05, 3.63) is 23.8 Å². The highest BCUT2D eigenvalue weighted by molar-refractivity contribution is 5.87. The Balaban J connectivity index is 2.87. The van der Waals surface area contributed by atoms with E-state index in [0.29, 0.717) is 5.56 Å². The van der Waals surface area contributed by atoms with E-state index in [0.717, 1.165) is 6.08 Å². The summed E-state index contributed by atoms with van der Waals surface area (Å²) in [4.78, 5) is 11.5. The van der Waals surface area contributed by atoms with Crippen molar-refractivity contribution >= 4 is 12.0 Å². The van der Waals surface area contributed by atoms with E-state index < -0.39 is 25.3 Å². The molecule has 0 aromatic heterocycles. The minimum Gasteiger partial charge on any atom is -0.502 e. The fourth-order valence-corrected chi connectivity index (χ4v) is 1.51. The topological polar surface area (TPSA) is 105 Å². The van der Waals surface area contributed by atoms with Gasteiger partial charge in [0.25, 0.3) is 0 Å². The molecule has 0 saturated carbocycles. The maximum Gasteiger partial charge on any atom is 0.331 e. The van der Waals surface area contributed by atoms with Crippen molar-refractivity contribution in [3.8, 4) is 17.2 Å². The van der Waals surface area contributed by atoms with Gasteiger partial charge in [-0.15, -0.1) is 0 Å². The van der Waals surface area contributed by atoms with Gasteiger partial charge in [0.05, 0.1) is 27.4 Å². The number of aromatic hydroxyl groups is 1. The molecule has 0 amide bonds. The van der Waals surface area contributed by atoms with Gasteiger partial charge in [0.15, 0.2) is 11.5 Å². The lowest BCUT2D eigenvalue weighted by Crippen LogP contribution is -2.24. The van der Waals surface area contributed by atoms with Crippen LogP contribution in [0.3, 0.4) is 0 Å². The Bertz CT molecular complexity index is 481. The maximum absolute atomic E-state index is 11.5. The first kappa shape index (κ1) is 16.8. The van der Waals surface area contributed by atoms with Gasteiger partial charge in [0.1, 0.15) is 6.10 Å². The molecule has 1 aromatic carbocycles. The number of phenols is 1.